The summed E-state index contributed by atoms with van der Waals surface area (Å²) in [5.41, 5.74) is 2.27. The van der Waals surface area contributed by atoms with Gasteiger partial charge in [0.05, 0.1) is 10.7 Å². The number of carbonyl (C=O) groups excluding carboxylic acids is 1. The third kappa shape index (κ3) is 4.63. The first-order valence-electron chi connectivity index (χ1n) is 7.12. The Bertz CT molecular complexity index is 595. The SMILES string of the molecule is Cc1nc(C)c(CCC(=O)N(C)CCc2ccncc2)s1. The number of carbonyl (C=O) groups is 1. The second kappa shape index (κ2) is 7.31. The standard InChI is InChI=1S/C16H21N3OS/c1-12-15(21-13(2)18-12)4-5-16(20)19(3)11-8-14-6-9-17-10-7-14/h6-7,9-10H,4-5,8,11H2,1-3H3. The van der Waals surface area contributed by atoms with E-state index in [-0.39, 0.29) is 5.91 Å². The highest BCUT2D eigenvalue weighted by atomic mass is 32.1. The fourth-order valence-electron chi connectivity index (χ4n) is 2.19. The molecular weight excluding hydrogens is 282 g/mol. The maximum absolute atomic E-state index is 12.2. The van der Waals surface area contributed by atoms with Crippen molar-refractivity contribution < 1.29 is 4.79 Å². The number of hydrogen-bond acceptors (Lipinski definition) is 4. The number of likely N-dealkylation sites (N-methyl/N-ethyl adjacent to an activating group) is 1. The Morgan fingerprint density at radius 3 is 2.57 bits per heavy atom. The van der Waals surface area contributed by atoms with Crippen molar-refractivity contribution in [2.75, 3.05) is 13.6 Å². The zero-order valence-electron chi connectivity index (χ0n) is 12.8. The zero-order valence-corrected chi connectivity index (χ0v) is 13.6. The number of thiazole rings is 1. The van der Waals surface area contributed by atoms with E-state index >= 15 is 0 Å². The molecule has 0 fully saturated rings. The number of rotatable bonds is 6. The van der Waals surface area contributed by atoms with Crippen molar-refractivity contribution in [2.24, 2.45) is 0 Å². The normalized spacial score (nSPS) is 10.6. The molecule has 2 rings (SSSR count). The van der Waals surface area contributed by atoms with Crippen molar-refractivity contribution >= 4 is 17.2 Å². The molecule has 112 valence electrons. The maximum Gasteiger partial charge on any atom is 0.222 e. The smallest absolute Gasteiger partial charge is 0.222 e. The predicted octanol–water partition coefficient (Wildman–Crippen LogP) is 2.79. The molecule has 0 aliphatic heterocycles. The van der Waals surface area contributed by atoms with E-state index in [0.29, 0.717) is 6.42 Å². The van der Waals surface area contributed by atoms with Crippen molar-refractivity contribution in [3.63, 3.8) is 0 Å². The summed E-state index contributed by atoms with van der Waals surface area (Å²) in [6, 6.07) is 3.98. The van der Waals surface area contributed by atoms with E-state index in [1.807, 2.05) is 37.9 Å². The topological polar surface area (TPSA) is 46.1 Å². The molecule has 0 atom stereocenters. The minimum Gasteiger partial charge on any atom is -0.345 e. The second-order valence-electron chi connectivity index (χ2n) is 5.16. The molecule has 0 aliphatic rings. The number of hydrogen-bond donors (Lipinski definition) is 0. The molecule has 21 heavy (non-hydrogen) atoms. The Labute approximate surface area is 129 Å². The highest BCUT2D eigenvalue weighted by Gasteiger charge is 2.11. The van der Waals surface area contributed by atoms with Crippen LogP contribution in [0.25, 0.3) is 0 Å². The van der Waals surface area contributed by atoms with Gasteiger partial charge in [0.1, 0.15) is 0 Å². The van der Waals surface area contributed by atoms with Crippen LogP contribution >= 0.6 is 11.3 Å². The van der Waals surface area contributed by atoms with Crippen molar-refractivity contribution in [1.82, 2.24) is 14.9 Å². The summed E-state index contributed by atoms with van der Waals surface area (Å²) in [6.45, 7) is 4.75. The number of nitrogens with zero attached hydrogens (tertiary/aromatic N) is 3. The van der Waals surface area contributed by atoms with Gasteiger partial charge in [-0.2, -0.15) is 0 Å². The van der Waals surface area contributed by atoms with Gasteiger partial charge in [0.25, 0.3) is 0 Å². The summed E-state index contributed by atoms with van der Waals surface area (Å²) >= 11 is 1.69. The summed E-state index contributed by atoms with van der Waals surface area (Å²) < 4.78 is 0. The van der Waals surface area contributed by atoms with Gasteiger partial charge in [-0.05, 0) is 44.4 Å². The van der Waals surface area contributed by atoms with Crippen LogP contribution in [0, 0.1) is 13.8 Å². The summed E-state index contributed by atoms with van der Waals surface area (Å²) in [5, 5.41) is 1.07. The first-order valence-corrected chi connectivity index (χ1v) is 7.93. The van der Waals surface area contributed by atoms with Crippen LogP contribution in [0.4, 0.5) is 0 Å². The van der Waals surface area contributed by atoms with Crippen LogP contribution in [0.3, 0.4) is 0 Å². The van der Waals surface area contributed by atoms with E-state index in [1.54, 1.807) is 23.7 Å². The fraction of sp³-hybridized carbons (Fsp3) is 0.438. The molecule has 0 saturated carbocycles. The van der Waals surface area contributed by atoms with Crippen LogP contribution in [0.1, 0.15) is 27.6 Å². The number of amides is 1. The van der Waals surface area contributed by atoms with E-state index in [9.17, 15) is 4.79 Å². The van der Waals surface area contributed by atoms with Gasteiger partial charge in [0.15, 0.2) is 0 Å². The van der Waals surface area contributed by atoms with E-state index in [2.05, 4.69) is 9.97 Å². The summed E-state index contributed by atoms with van der Waals surface area (Å²) in [7, 11) is 1.87. The van der Waals surface area contributed by atoms with Gasteiger partial charge in [0.2, 0.25) is 5.91 Å². The lowest BCUT2D eigenvalue weighted by molar-refractivity contribution is -0.129. The monoisotopic (exact) mass is 303 g/mol. The van der Waals surface area contributed by atoms with Gasteiger partial charge in [-0.1, -0.05) is 0 Å². The van der Waals surface area contributed by atoms with Gasteiger partial charge in [-0.3, -0.25) is 9.78 Å². The Morgan fingerprint density at radius 2 is 1.95 bits per heavy atom. The lowest BCUT2D eigenvalue weighted by atomic mass is 10.2. The Morgan fingerprint density at radius 1 is 1.24 bits per heavy atom. The number of aromatic nitrogens is 2. The largest absolute Gasteiger partial charge is 0.345 e. The average Bonchev–Trinajstić information content (AvgIpc) is 2.81. The van der Waals surface area contributed by atoms with E-state index < -0.39 is 0 Å². The number of aryl methyl sites for hydroxylation is 3. The molecule has 2 aromatic heterocycles. The van der Waals surface area contributed by atoms with E-state index in [1.165, 1.54) is 10.4 Å². The molecule has 2 aromatic rings. The summed E-state index contributed by atoms with van der Waals surface area (Å²) in [4.78, 5) is 23.6. The van der Waals surface area contributed by atoms with Crippen LogP contribution < -0.4 is 0 Å². The summed E-state index contributed by atoms with van der Waals surface area (Å²) in [5.74, 6) is 0.189. The lowest BCUT2D eigenvalue weighted by Crippen LogP contribution is -2.29. The van der Waals surface area contributed by atoms with Gasteiger partial charge >= 0.3 is 0 Å². The first-order chi connectivity index (χ1) is 10.1. The van der Waals surface area contributed by atoms with Crippen molar-refractivity contribution in [3.8, 4) is 0 Å². The molecule has 0 aromatic carbocycles. The Kier molecular flexibility index (Phi) is 5.44. The minimum atomic E-state index is 0.189. The second-order valence-corrected chi connectivity index (χ2v) is 6.45. The van der Waals surface area contributed by atoms with Crippen LogP contribution in [0.2, 0.25) is 0 Å². The molecule has 2 heterocycles. The fourth-order valence-corrected chi connectivity index (χ4v) is 3.12. The van der Waals surface area contributed by atoms with Gasteiger partial charge in [0, 0.05) is 37.3 Å². The van der Waals surface area contributed by atoms with Gasteiger partial charge in [-0.15, -0.1) is 11.3 Å². The molecule has 0 bridgehead atoms. The average molecular weight is 303 g/mol. The number of pyridine rings is 1. The molecule has 0 unspecified atom stereocenters. The van der Waals surface area contributed by atoms with Crippen molar-refractivity contribution in [1.29, 1.82) is 0 Å². The molecule has 4 nitrogen and oxygen atoms in total. The van der Waals surface area contributed by atoms with Crippen LogP contribution in [0.5, 0.6) is 0 Å². The molecule has 0 N–H and O–H groups in total. The molecule has 1 amide bonds. The van der Waals surface area contributed by atoms with Gasteiger partial charge in [-0.25, -0.2) is 4.98 Å². The first kappa shape index (κ1) is 15.6. The minimum absolute atomic E-state index is 0.189. The van der Waals surface area contributed by atoms with Crippen molar-refractivity contribution in [3.05, 3.63) is 45.7 Å². The van der Waals surface area contributed by atoms with Crippen molar-refractivity contribution in [2.45, 2.75) is 33.1 Å². The Hall–Kier alpha value is -1.75. The molecular formula is C16H21N3OS. The molecule has 0 saturated heterocycles. The van der Waals surface area contributed by atoms with Crippen LogP contribution in [-0.4, -0.2) is 34.4 Å². The van der Waals surface area contributed by atoms with Crippen LogP contribution in [0.15, 0.2) is 24.5 Å². The third-order valence-corrected chi connectivity index (χ3v) is 4.61. The molecule has 0 radical (unpaired) electrons. The molecule has 0 aliphatic carbocycles. The highest BCUT2D eigenvalue weighted by molar-refractivity contribution is 7.11. The highest BCUT2D eigenvalue weighted by Crippen LogP contribution is 2.19. The van der Waals surface area contributed by atoms with E-state index in [0.717, 1.165) is 30.1 Å². The molecule has 5 heteroatoms. The maximum atomic E-state index is 12.2. The predicted molar refractivity (Wildman–Crippen MR) is 85.5 cm³/mol. The summed E-state index contributed by atoms with van der Waals surface area (Å²) in [6.07, 6.45) is 5.77. The molecule has 0 spiro atoms. The third-order valence-electron chi connectivity index (χ3n) is 3.48. The quantitative estimate of drug-likeness (QED) is 0.824. The lowest BCUT2D eigenvalue weighted by Gasteiger charge is -2.17. The van der Waals surface area contributed by atoms with E-state index in [4.69, 9.17) is 0 Å². The van der Waals surface area contributed by atoms with Gasteiger partial charge < -0.3 is 4.90 Å². The Balaban J connectivity index is 1.79. The van der Waals surface area contributed by atoms with Crippen LogP contribution in [-0.2, 0) is 17.6 Å². The zero-order chi connectivity index (χ0) is 15.2.